The number of rotatable bonds is 4. The Morgan fingerprint density at radius 3 is 3.08 bits per heavy atom. The molecule has 0 spiro atoms. The van der Waals surface area contributed by atoms with Gasteiger partial charge in [0.1, 0.15) is 17.0 Å². The van der Waals surface area contributed by atoms with Crippen molar-refractivity contribution in [2.24, 2.45) is 5.73 Å². The number of fused-ring (bicyclic) bond motifs is 3. The first-order chi connectivity index (χ1) is 11.6. The van der Waals surface area contributed by atoms with Gasteiger partial charge in [-0.3, -0.25) is 9.69 Å². The normalized spacial score (nSPS) is 18.8. The monoisotopic (exact) mass is 329 g/mol. The largest absolute Gasteiger partial charge is 0.366 e. The molecule has 0 bridgehead atoms. The number of primary amides is 1. The summed E-state index contributed by atoms with van der Waals surface area (Å²) in [7, 11) is 0. The molecule has 1 amide bonds. The van der Waals surface area contributed by atoms with E-state index in [4.69, 9.17) is 5.73 Å². The van der Waals surface area contributed by atoms with Crippen LogP contribution in [-0.4, -0.2) is 38.5 Å². The Kier molecular flexibility index (Phi) is 3.53. The van der Waals surface area contributed by atoms with E-state index >= 15 is 0 Å². The van der Waals surface area contributed by atoms with Crippen molar-refractivity contribution >= 4 is 22.6 Å². The highest BCUT2D eigenvalue weighted by atomic mass is 19.1. The predicted octanol–water partition coefficient (Wildman–Crippen LogP) is 2.60. The van der Waals surface area contributed by atoms with E-state index in [0.717, 1.165) is 49.6 Å². The summed E-state index contributed by atoms with van der Waals surface area (Å²) < 4.78 is 15.5. The lowest BCUT2D eigenvalue weighted by molar-refractivity contribution is 0.100. The first-order valence-corrected chi connectivity index (χ1v) is 8.33. The minimum absolute atomic E-state index is 0.141. The van der Waals surface area contributed by atoms with Crippen molar-refractivity contribution in [2.75, 3.05) is 13.1 Å². The van der Waals surface area contributed by atoms with Gasteiger partial charge in [-0.05, 0) is 44.5 Å². The number of nitrogens with zero attached hydrogens (tertiary/aromatic N) is 3. The first-order valence-electron chi connectivity index (χ1n) is 8.33. The van der Waals surface area contributed by atoms with Crippen LogP contribution in [0.1, 0.15) is 48.1 Å². The molecule has 24 heavy (non-hydrogen) atoms. The zero-order valence-corrected chi connectivity index (χ0v) is 13.6. The van der Waals surface area contributed by atoms with E-state index in [1.54, 1.807) is 4.52 Å². The SMILES string of the molecule is CCCN1CCCC1c1cnn2c1[nH]c1cc(F)cc(C(N)=O)c12. The van der Waals surface area contributed by atoms with Crippen LogP contribution in [0.4, 0.5) is 4.39 Å². The van der Waals surface area contributed by atoms with Gasteiger partial charge in [0, 0.05) is 11.6 Å². The molecule has 0 aliphatic carbocycles. The average Bonchev–Trinajstić information content (AvgIpc) is 3.21. The summed E-state index contributed by atoms with van der Waals surface area (Å²) in [6.45, 7) is 4.30. The van der Waals surface area contributed by atoms with E-state index in [1.165, 1.54) is 6.07 Å². The maximum atomic E-state index is 13.8. The summed E-state index contributed by atoms with van der Waals surface area (Å²) in [6.07, 6.45) is 5.18. The molecule has 3 aromatic rings. The summed E-state index contributed by atoms with van der Waals surface area (Å²) in [4.78, 5) is 17.4. The molecule has 1 aromatic carbocycles. The average molecular weight is 329 g/mol. The van der Waals surface area contributed by atoms with E-state index in [1.807, 2.05) is 6.20 Å². The summed E-state index contributed by atoms with van der Waals surface area (Å²) in [5.74, 6) is -1.15. The van der Waals surface area contributed by atoms with Gasteiger partial charge < -0.3 is 10.7 Å². The standard InChI is InChI=1S/C17H20FN5O/c1-2-5-22-6-3-4-14(22)12-9-20-23-15-11(16(19)24)7-10(18)8-13(15)21-17(12)23/h7-9,14,21H,2-6H2,1H3,(H2,19,24). The number of amides is 1. The van der Waals surface area contributed by atoms with Gasteiger partial charge in [0.05, 0.1) is 17.3 Å². The molecule has 1 saturated heterocycles. The highest BCUT2D eigenvalue weighted by molar-refractivity contribution is 6.05. The lowest BCUT2D eigenvalue weighted by atomic mass is 10.1. The van der Waals surface area contributed by atoms with Crippen LogP contribution in [-0.2, 0) is 0 Å². The number of H-pyrrole nitrogens is 1. The number of benzene rings is 1. The van der Waals surface area contributed by atoms with Crippen LogP contribution >= 0.6 is 0 Å². The van der Waals surface area contributed by atoms with E-state index in [-0.39, 0.29) is 5.56 Å². The molecule has 6 nitrogen and oxygen atoms in total. The van der Waals surface area contributed by atoms with E-state index < -0.39 is 11.7 Å². The molecule has 3 heterocycles. The van der Waals surface area contributed by atoms with Crippen molar-refractivity contribution in [3.05, 3.63) is 35.3 Å². The quantitative estimate of drug-likeness (QED) is 0.772. The predicted molar refractivity (Wildman–Crippen MR) is 89.4 cm³/mol. The van der Waals surface area contributed by atoms with Crippen molar-refractivity contribution in [3.8, 4) is 0 Å². The third-order valence-electron chi connectivity index (χ3n) is 4.84. The number of hydrogen-bond donors (Lipinski definition) is 2. The van der Waals surface area contributed by atoms with Crippen molar-refractivity contribution in [3.63, 3.8) is 0 Å². The van der Waals surface area contributed by atoms with Gasteiger partial charge in [0.2, 0.25) is 0 Å². The zero-order chi connectivity index (χ0) is 16.8. The Bertz CT molecular complexity index is 928. The number of aromatic nitrogens is 3. The van der Waals surface area contributed by atoms with Gasteiger partial charge in [0.15, 0.2) is 0 Å². The number of nitrogens with one attached hydrogen (secondary N) is 1. The van der Waals surface area contributed by atoms with Crippen LogP contribution in [0.25, 0.3) is 16.7 Å². The Morgan fingerprint density at radius 1 is 1.50 bits per heavy atom. The zero-order valence-electron chi connectivity index (χ0n) is 13.6. The topological polar surface area (TPSA) is 79.4 Å². The maximum absolute atomic E-state index is 13.8. The molecule has 126 valence electrons. The highest BCUT2D eigenvalue weighted by Gasteiger charge is 2.29. The Morgan fingerprint density at radius 2 is 2.33 bits per heavy atom. The van der Waals surface area contributed by atoms with Crippen LogP contribution in [0.3, 0.4) is 0 Å². The second kappa shape index (κ2) is 5.59. The molecule has 3 N–H and O–H groups in total. The van der Waals surface area contributed by atoms with Crippen molar-refractivity contribution in [2.45, 2.75) is 32.2 Å². The first kappa shape index (κ1) is 15.1. The second-order valence-electron chi connectivity index (χ2n) is 6.39. The van der Waals surface area contributed by atoms with Gasteiger partial charge in [-0.1, -0.05) is 6.92 Å². The van der Waals surface area contributed by atoms with Crippen LogP contribution in [0, 0.1) is 5.82 Å². The van der Waals surface area contributed by atoms with Gasteiger partial charge in [-0.15, -0.1) is 0 Å². The van der Waals surface area contributed by atoms with Gasteiger partial charge >= 0.3 is 0 Å². The van der Waals surface area contributed by atoms with Crippen molar-refractivity contribution in [1.29, 1.82) is 0 Å². The minimum Gasteiger partial charge on any atom is -0.366 e. The minimum atomic E-state index is -0.661. The maximum Gasteiger partial charge on any atom is 0.251 e. The van der Waals surface area contributed by atoms with Crippen LogP contribution in [0.2, 0.25) is 0 Å². The van der Waals surface area contributed by atoms with Gasteiger partial charge in [0.25, 0.3) is 5.91 Å². The third kappa shape index (κ3) is 2.19. The number of likely N-dealkylation sites (tertiary alicyclic amines) is 1. The second-order valence-corrected chi connectivity index (χ2v) is 6.39. The number of carbonyl (C=O) groups excluding carboxylic acids is 1. The molecular formula is C17H20FN5O. The van der Waals surface area contributed by atoms with Crippen molar-refractivity contribution < 1.29 is 9.18 Å². The lowest BCUT2D eigenvalue weighted by Gasteiger charge is -2.22. The number of aromatic amines is 1. The molecule has 1 unspecified atom stereocenters. The Labute approximate surface area is 138 Å². The summed E-state index contributed by atoms with van der Waals surface area (Å²) in [6, 6.07) is 2.84. The smallest absolute Gasteiger partial charge is 0.251 e. The summed E-state index contributed by atoms with van der Waals surface area (Å²) in [5, 5.41) is 4.45. The van der Waals surface area contributed by atoms with Gasteiger partial charge in [-0.2, -0.15) is 5.10 Å². The molecule has 0 saturated carbocycles. The molecule has 1 fully saturated rings. The lowest BCUT2D eigenvalue weighted by Crippen LogP contribution is -2.23. The number of carbonyl (C=O) groups is 1. The molecule has 1 aliphatic rings. The molecule has 2 aromatic heterocycles. The molecular weight excluding hydrogens is 309 g/mol. The third-order valence-corrected chi connectivity index (χ3v) is 4.84. The fourth-order valence-corrected chi connectivity index (χ4v) is 3.87. The molecule has 1 atom stereocenters. The Balaban J connectivity index is 1.91. The number of halogens is 1. The summed E-state index contributed by atoms with van der Waals surface area (Å²) >= 11 is 0. The summed E-state index contributed by atoms with van der Waals surface area (Å²) in [5.41, 5.74) is 8.53. The number of nitrogens with two attached hydrogens (primary N) is 1. The van der Waals surface area contributed by atoms with Crippen LogP contribution < -0.4 is 5.73 Å². The molecule has 1 aliphatic heterocycles. The van der Waals surface area contributed by atoms with Crippen LogP contribution in [0.15, 0.2) is 18.3 Å². The fraction of sp³-hybridized carbons (Fsp3) is 0.412. The molecule has 0 radical (unpaired) electrons. The highest BCUT2D eigenvalue weighted by Crippen LogP contribution is 2.35. The molecule has 7 heteroatoms. The van der Waals surface area contributed by atoms with E-state index in [2.05, 4.69) is 21.9 Å². The van der Waals surface area contributed by atoms with Gasteiger partial charge in [-0.25, -0.2) is 8.91 Å². The van der Waals surface area contributed by atoms with Crippen molar-refractivity contribution in [1.82, 2.24) is 19.5 Å². The number of imidazole rings is 1. The fourth-order valence-electron chi connectivity index (χ4n) is 3.87. The van der Waals surface area contributed by atoms with Crippen LogP contribution in [0.5, 0.6) is 0 Å². The number of hydrogen-bond acceptors (Lipinski definition) is 3. The molecule has 4 rings (SSSR count). The van der Waals surface area contributed by atoms with E-state index in [0.29, 0.717) is 17.1 Å². The van der Waals surface area contributed by atoms with E-state index in [9.17, 15) is 9.18 Å². The Hall–Kier alpha value is -2.41.